The number of hydrogen-bond donors (Lipinski definition) is 1. The number of nitrogen functional groups attached to an aromatic ring is 1. The molecule has 1 aliphatic rings. The van der Waals surface area contributed by atoms with Crippen molar-refractivity contribution >= 4 is 5.82 Å². The Balaban J connectivity index is 2.03. The van der Waals surface area contributed by atoms with E-state index in [0.717, 1.165) is 0 Å². The summed E-state index contributed by atoms with van der Waals surface area (Å²) in [5, 5.41) is 9.70. The maximum Gasteiger partial charge on any atom is 0.161 e. The minimum absolute atomic E-state index is 0.0724. The van der Waals surface area contributed by atoms with Gasteiger partial charge in [0.1, 0.15) is 35.6 Å². The molecule has 0 bridgehead atoms. The number of nitriles is 1. The standard InChI is InChI=1S/C21H16FN3O3/c1-26-17-5-3-11(7-18(17)27-2)19-14(9-23)21(24)25-20-13-8-12(22)4-6-16(13)28-10-15(19)20/h3-8H,10H2,1-2H3,(H2,24,25). The summed E-state index contributed by atoms with van der Waals surface area (Å²) in [6.07, 6.45) is 0. The second-order valence-electron chi connectivity index (χ2n) is 6.18. The van der Waals surface area contributed by atoms with Gasteiger partial charge in [0.2, 0.25) is 0 Å². The highest BCUT2D eigenvalue weighted by Crippen LogP contribution is 2.44. The van der Waals surface area contributed by atoms with Crippen LogP contribution in [0, 0.1) is 17.1 Å². The first-order chi connectivity index (χ1) is 13.6. The molecule has 0 radical (unpaired) electrons. The summed E-state index contributed by atoms with van der Waals surface area (Å²) in [4.78, 5) is 4.38. The van der Waals surface area contributed by atoms with Crippen LogP contribution in [-0.2, 0) is 6.61 Å². The maximum atomic E-state index is 13.8. The van der Waals surface area contributed by atoms with Crippen molar-refractivity contribution in [3.63, 3.8) is 0 Å². The van der Waals surface area contributed by atoms with Crippen LogP contribution in [-0.4, -0.2) is 19.2 Å². The average Bonchev–Trinajstić information content (AvgIpc) is 2.72. The SMILES string of the molecule is COc1ccc(-c2c(C#N)c(N)nc3c2COc2ccc(F)cc2-3)cc1OC. The van der Waals surface area contributed by atoms with Crippen molar-refractivity contribution in [2.45, 2.75) is 6.61 Å². The fourth-order valence-electron chi connectivity index (χ4n) is 3.39. The number of methoxy groups -OCH3 is 2. The highest BCUT2D eigenvalue weighted by molar-refractivity contribution is 5.87. The van der Waals surface area contributed by atoms with Crippen LogP contribution in [0.3, 0.4) is 0 Å². The summed E-state index contributed by atoms with van der Waals surface area (Å²) in [5.74, 6) is 1.25. The van der Waals surface area contributed by atoms with Crippen molar-refractivity contribution in [2.75, 3.05) is 20.0 Å². The van der Waals surface area contributed by atoms with E-state index in [2.05, 4.69) is 11.1 Å². The molecule has 3 aromatic rings. The van der Waals surface area contributed by atoms with Crippen LogP contribution in [0.5, 0.6) is 17.2 Å². The molecule has 2 heterocycles. The Labute approximate surface area is 160 Å². The quantitative estimate of drug-likeness (QED) is 0.744. The third kappa shape index (κ3) is 2.67. The van der Waals surface area contributed by atoms with Gasteiger partial charge in [0, 0.05) is 16.7 Å². The largest absolute Gasteiger partial charge is 0.493 e. The maximum absolute atomic E-state index is 13.8. The van der Waals surface area contributed by atoms with Gasteiger partial charge in [-0.1, -0.05) is 6.07 Å². The van der Waals surface area contributed by atoms with Crippen molar-refractivity contribution in [1.29, 1.82) is 5.26 Å². The third-order valence-corrected chi connectivity index (χ3v) is 4.68. The molecule has 2 N–H and O–H groups in total. The molecule has 0 spiro atoms. The topological polar surface area (TPSA) is 90.4 Å². The number of hydrogen-bond acceptors (Lipinski definition) is 6. The van der Waals surface area contributed by atoms with Gasteiger partial charge in [-0.2, -0.15) is 5.26 Å². The summed E-state index contributed by atoms with van der Waals surface area (Å²) < 4.78 is 30.3. The zero-order valence-corrected chi connectivity index (χ0v) is 15.2. The number of aromatic nitrogens is 1. The number of rotatable bonds is 3. The molecular weight excluding hydrogens is 361 g/mol. The fourth-order valence-corrected chi connectivity index (χ4v) is 3.39. The van der Waals surface area contributed by atoms with Crippen molar-refractivity contribution in [1.82, 2.24) is 4.98 Å². The molecule has 0 saturated carbocycles. The highest BCUT2D eigenvalue weighted by Gasteiger charge is 2.27. The van der Waals surface area contributed by atoms with E-state index in [-0.39, 0.29) is 18.0 Å². The Kier molecular flexibility index (Phi) is 4.24. The van der Waals surface area contributed by atoms with Crippen LogP contribution in [0.4, 0.5) is 10.2 Å². The van der Waals surface area contributed by atoms with Crippen LogP contribution in [0.1, 0.15) is 11.1 Å². The molecule has 0 fully saturated rings. The number of ether oxygens (including phenoxy) is 3. The van der Waals surface area contributed by atoms with E-state index in [9.17, 15) is 9.65 Å². The fraction of sp³-hybridized carbons (Fsp3) is 0.143. The molecule has 7 heteroatoms. The molecule has 0 amide bonds. The summed E-state index contributed by atoms with van der Waals surface area (Å²) in [6, 6.07) is 11.7. The van der Waals surface area contributed by atoms with Crippen LogP contribution in [0.15, 0.2) is 36.4 Å². The van der Waals surface area contributed by atoms with E-state index in [0.29, 0.717) is 45.2 Å². The number of benzene rings is 2. The number of nitrogens with zero attached hydrogens (tertiary/aromatic N) is 2. The van der Waals surface area contributed by atoms with Gasteiger partial charge in [-0.15, -0.1) is 0 Å². The Morgan fingerprint density at radius 1 is 1.14 bits per heavy atom. The van der Waals surface area contributed by atoms with E-state index < -0.39 is 5.82 Å². The molecule has 1 aliphatic heterocycles. The molecule has 1 aromatic heterocycles. The lowest BCUT2D eigenvalue weighted by Crippen LogP contribution is -2.12. The predicted octanol–water partition coefficient (Wildman–Crippen LogP) is 3.92. The minimum Gasteiger partial charge on any atom is -0.493 e. The lowest BCUT2D eigenvalue weighted by Gasteiger charge is -2.24. The zero-order valence-electron chi connectivity index (χ0n) is 15.2. The molecule has 0 aliphatic carbocycles. The molecule has 4 rings (SSSR count). The van der Waals surface area contributed by atoms with E-state index in [1.807, 2.05) is 0 Å². The van der Waals surface area contributed by atoms with Crippen molar-refractivity contribution in [3.05, 3.63) is 53.3 Å². The van der Waals surface area contributed by atoms with Gasteiger partial charge in [-0.3, -0.25) is 0 Å². The Morgan fingerprint density at radius 3 is 2.64 bits per heavy atom. The van der Waals surface area contributed by atoms with Crippen molar-refractivity contribution < 1.29 is 18.6 Å². The average molecular weight is 377 g/mol. The van der Waals surface area contributed by atoms with E-state index in [1.165, 1.54) is 19.2 Å². The number of pyridine rings is 1. The molecule has 0 saturated heterocycles. The molecule has 28 heavy (non-hydrogen) atoms. The van der Waals surface area contributed by atoms with Gasteiger partial charge in [-0.05, 0) is 35.9 Å². The summed E-state index contributed by atoms with van der Waals surface area (Å²) >= 11 is 0. The number of anilines is 1. The molecule has 0 unspecified atom stereocenters. The normalized spacial score (nSPS) is 11.6. The van der Waals surface area contributed by atoms with Gasteiger partial charge in [0.25, 0.3) is 0 Å². The first kappa shape index (κ1) is 17.6. The first-order valence-corrected chi connectivity index (χ1v) is 8.45. The van der Waals surface area contributed by atoms with E-state index in [1.54, 1.807) is 31.4 Å². The number of nitrogens with two attached hydrogens (primary N) is 1. The van der Waals surface area contributed by atoms with Crippen LogP contribution in [0.25, 0.3) is 22.4 Å². The zero-order chi connectivity index (χ0) is 19.8. The smallest absolute Gasteiger partial charge is 0.161 e. The second kappa shape index (κ2) is 6.74. The van der Waals surface area contributed by atoms with E-state index >= 15 is 0 Å². The number of fused-ring (bicyclic) bond motifs is 3. The van der Waals surface area contributed by atoms with Crippen molar-refractivity contribution in [3.8, 4) is 45.7 Å². The van der Waals surface area contributed by atoms with E-state index in [4.69, 9.17) is 19.9 Å². The molecule has 140 valence electrons. The van der Waals surface area contributed by atoms with Gasteiger partial charge in [0.05, 0.1) is 19.9 Å². The summed E-state index contributed by atoms with van der Waals surface area (Å²) in [5.41, 5.74) is 9.27. The van der Waals surface area contributed by atoms with Crippen molar-refractivity contribution in [2.24, 2.45) is 0 Å². The lowest BCUT2D eigenvalue weighted by molar-refractivity contribution is 0.301. The van der Waals surface area contributed by atoms with Gasteiger partial charge < -0.3 is 19.9 Å². The lowest BCUT2D eigenvalue weighted by atomic mass is 9.90. The number of halogens is 1. The predicted molar refractivity (Wildman–Crippen MR) is 102 cm³/mol. The minimum atomic E-state index is -0.410. The first-order valence-electron chi connectivity index (χ1n) is 8.45. The van der Waals surface area contributed by atoms with Crippen LogP contribution >= 0.6 is 0 Å². The molecule has 2 aromatic carbocycles. The molecule has 0 atom stereocenters. The molecular formula is C21H16FN3O3. The van der Waals surface area contributed by atoms with Crippen LogP contribution in [0.2, 0.25) is 0 Å². The molecule has 6 nitrogen and oxygen atoms in total. The van der Waals surface area contributed by atoms with Gasteiger partial charge in [0.15, 0.2) is 11.5 Å². The summed E-state index contributed by atoms with van der Waals surface area (Å²) in [6.45, 7) is 0.180. The Morgan fingerprint density at radius 2 is 1.93 bits per heavy atom. The monoisotopic (exact) mass is 377 g/mol. The Bertz CT molecular complexity index is 1140. The van der Waals surface area contributed by atoms with Gasteiger partial charge in [-0.25, -0.2) is 9.37 Å². The third-order valence-electron chi connectivity index (χ3n) is 4.68. The summed E-state index contributed by atoms with van der Waals surface area (Å²) in [7, 11) is 3.08. The Hall–Kier alpha value is -3.79. The highest BCUT2D eigenvalue weighted by atomic mass is 19.1. The second-order valence-corrected chi connectivity index (χ2v) is 6.18. The van der Waals surface area contributed by atoms with Gasteiger partial charge >= 0.3 is 0 Å². The van der Waals surface area contributed by atoms with Crippen LogP contribution < -0.4 is 19.9 Å².